The monoisotopic (exact) mass is 264 g/mol. The van der Waals surface area contributed by atoms with Crippen molar-refractivity contribution in [3.8, 4) is 0 Å². The van der Waals surface area contributed by atoms with E-state index in [-0.39, 0.29) is 24.1 Å². The van der Waals surface area contributed by atoms with E-state index in [9.17, 15) is 9.59 Å². The molecule has 0 amide bonds. The van der Waals surface area contributed by atoms with Gasteiger partial charge in [0.2, 0.25) is 0 Å². The van der Waals surface area contributed by atoms with Gasteiger partial charge in [-0.15, -0.1) is 0 Å². The number of carbonyl (C=O) groups is 2. The summed E-state index contributed by atoms with van der Waals surface area (Å²) in [5, 5.41) is 0. The van der Waals surface area contributed by atoms with Crippen molar-refractivity contribution < 1.29 is 19.1 Å². The van der Waals surface area contributed by atoms with Crippen molar-refractivity contribution >= 4 is 11.9 Å². The van der Waals surface area contributed by atoms with Crippen LogP contribution in [0.3, 0.4) is 0 Å². The van der Waals surface area contributed by atoms with Gasteiger partial charge in [-0.3, -0.25) is 4.79 Å². The summed E-state index contributed by atoms with van der Waals surface area (Å²) in [6.45, 7) is 5.29. The van der Waals surface area contributed by atoms with Crippen LogP contribution < -0.4 is 0 Å². The summed E-state index contributed by atoms with van der Waals surface area (Å²) in [4.78, 5) is 22.8. The van der Waals surface area contributed by atoms with Gasteiger partial charge in [-0.2, -0.15) is 0 Å². The predicted octanol–water partition coefficient (Wildman–Crippen LogP) is 2.23. The zero-order valence-electron chi connectivity index (χ0n) is 11.3. The van der Waals surface area contributed by atoms with Crippen LogP contribution in [0.1, 0.15) is 39.0 Å². The molecule has 2 saturated carbocycles. The first-order chi connectivity index (χ1) is 9.04. The minimum Gasteiger partial charge on any atom is -0.462 e. The van der Waals surface area contributed by atoms with Crippen LogP contribution in [0.15, 0.2) is 12.2 Å². The standard InChI is InChI=1S/C15H20O4/c1-8(2)15(17)19-13-7-9-5-10(13)6-11(9)12-3-4-14(16)18-12/h9-13H,1,3-7H2,2H3. The molecule has 0 aromatic heterocycles. The molecule has 4 nitrogen and oxygen atoms in total. The lowest BCUT2D eigenvalue weighted by Gasteiger charge is -2.30. The molecule has 3 fully saturated rings. The van der Waals surface area contributed by atoms with E-state index < -0.39 is 0 Å². The summed E-state index contributed by atoms with van der Waals surface area (Å²) in [6.07, 6.45) is 4.63. The lowest BCUT2D eigenvalue weighted by atomic mass is 9.82. The molecule has 4 heteroatoms. The molecule has 0 radical (unpaired) electrons. The van der Waals surface area contributed by atoms with E-state index in [0.717, 1.165) is 25.7 Å². The molecule has 5 atom stereocenters. The smallest absolute Gasteiger partial charge is 0.333 e. The van der Waals surface area contributed by atoms with Gasteiger partial charge in [-0.1, -0.05) is 6.58 Å². The van der Waals surface area contributed by atoms with E-state index in [2.05, 4.69) is 6.58 Å². The van der Waals surface area contributed by atoms with Gasteiger partial charge in [0.1, 0.15) is 12.2 Å². The van der Waals surface area contributed by atoms with Gasteiger partial charge >= 0.3 is 11.9 Å². The van der Waals surface area contributed by atoms with E-state index in [1.54, 1.807) is 6.92 Å². The molecule has 0 aromatic carbocycles. The van der Waals surface area contributed by atoms with Gasteiger partial charge in [0.25, 0.3) is 0 Å². The minimum atomic E-state index is -0.276. The first kappa shape index (κ1) is 12.7. The van der Waals surface area contributed by atoms with Crippen LogP contribution in [0, 0.1) is 17.8 Å². The fourth-order valence-electron chi connectivity index (χ4n) is 3.95. The van der Waals surface area contributed by atoms with E-state index in [1.807, 2.05) is 0 Å². The Kier molecular flexibility index (Phi) is 3.11. The third-order valence-electron chi connectivity index (χ3n) is 4.85. The molecule has 0 aromatic rings. The Morgan fingerprint density at radius 1 is 1.32 bits per heavy atom. The van der Waals surface area contributed by atoms with Crippen molar-refractivity contribution in [3.05, 3.63) is 12.2 Å². The lowest BCUT2D eigenvalue weighted by molar-refractivity contribution is -0.148. The number of cyclic esters (lactones) is 1. The van der Waals surface area contributed by atoms with Crippen LogP contribution in [-0.2, 0) is 19.1 Å². The highest BCUT2D eigenvalue weighted by Crippen LogP contribution is 2.52. The van der Waals surface area contributed by atoms with Gasteiger partial charge in [0.05, 0.1) is 0 Å². The molecular weight excluding hydrogens is 244 g/mol. The third kappa shape index (κ3) is 2.28. The Bertz CT molecular complexity index is 428. The summed E-state index contributed by atoms with van der Waals surface area (Å²) < 4.78 is 10.9. The summed E-state index contributed by atoms with van der Waals surface area (Å²) in [5.41, 5.74) is 0.462. The highest BCUT2D eigenvalue weighted by Gasteiger charge is 2.51. The molecule has 1 saturated heterocycles. The maximum Gasteiger partial charge on any atom is 0.333 e. The van der Waals surface area contributed by atoms with E-state index >= 15 is 0 Å². The Labute approximate surface area is 113 Å². The average Bonchev–Trinajstić information content (AvgIpc) is 3.03. The van der Waals surface area contributed by atoms with Crippen molar-refractivity contribution in [1.82, 2.24) is 0 Å². The SMILES string of the molecule is C=C(C)C(=O)OC1CC2CC1CC2C1CCC(=O)O1. The first-order valence-corrected chi connectivity index (χ1v) is 7.10. The maximum atomic E-state index is 11.6. The lowest BCUT2D eigenvalue weighted by Crippen LogP contribution is -2.32. The second-order valence-electron chi connectivity index (χ2n) is 6.18. The molecule has 1 heterocycles. The van der Waals surface area contributed by atoms with Crippen LogP contribution in [-0.4, -0.2) is 24.1 Å². The molecule has 1 aliphatic heterocycles. The largest absolute Gasteiger partial charge is 0.462 e. The summed E-state index contributed by atoms with van der Waals surface area (Å²) in [7, 11) is 0. The highest BCUT2D eigenvalue weighted by molar-refractivity contribution is 5.87. The molecule has 2 aliphatic carbocycles. The maximum absolute atomic E-state index is 11.6. The van der Waals surface area contributed by atoms with Gasteiger partial charge in [0.15, 0.2) is 0 Å². The number of esters is 2. The Morgan fingerprint density at radius 2 is 2.11 bits per heavy atom. The molecule has 104 valence electrons. The number of hydrogen-bond donors (Lipinski definition) is 0. The van der Waals surface area contributed by atoms with Crippen molar-refractivity contribution in [3.63, 3.8) is 0 Å². The number of rotatable bonds is 3. The second-order valence-corrected chi connectivity index (χ2v) is 6.18. The average molecular weight is 264 g/mol. The molecule has 3 rings (SSSR count). The van der Waals surface area contributed by atoms with Crippen LogP contribution >= 0.6 is 0 Å². The van der Waals surface area contributed by atoms with Crippen molar-refractivity contribution in [1.29, 1.82) is 0 Å². The Morgan fingerprint density at radius 3 is 2.63 bits per heavy atom. The van der Waals surface area contributed by atoms with Gasteiger partial charge in [-0.05, 0) is 50.4 Å². The zero-order chi connectivity index (χ0) is 13.6. The van der Waals surface area contributed by atoms with Gasteiger partial charge in [-0.25, -0.2) is 4.79 Å². The fourth-order valence-corrected chi connectivity index (χ4v) is 3.95. The van der Waals surface area contributed by atoms with Crippen LogP contribution in [0.25, 0.3) is 0 Å². The fraction of sp³-hybridized carbons (Fsp3) is 0.733. The number of hydrogen-bond acceptors (Lipinski definition) is 4. The predicted molar refractivity (Wildman–Crippen MR) is 68.1 cm³/mol. The molecule has 0 spiro atoms. The number of carbonyl (C=O) groups excluding carboxylic acids is 2. The van der Waals surface area contributed by atoms with Gasteiger partial charge in [0, 0.05) is 12.0 Å². The van der Waals surface area contributed by atoms with Crippen LogP contribution in [0.2, 0.25) is 0 Å². The second kappa shape index (κ2) is 4.66. The molecular formula is C15H20O4. The normalized spacial score (nSPS) is 40.3. The third-order valence-corrected chi connectivity index (χ3v) is 4.85. The molecule has 19 heavy (non-hydrogen) atoms. The summed E-state index contributed by atoms with van der Waals surface area (Å²) in [6, 6.07) is 0. The van der Waals surface area contributed by atoms with Crippen molar-refractivity contribution in [2.24, 2.45) is 17.8 Å². The van der Waals surface area contributed by atoms with Crippen LogP contribution in [0.5, 0.6) is 0 Å². The highest BCUT2D eigenvalue weighted by atomic mass is 16.6. The molecule has 3 aliphatic rings. The van der Waals surface area contributed by atoms with Crippen molar-refractivity contribution in [2.45, 2.75) is 51.2 Å². The zero-order valence-corrected chi connectivity index (χ0v) is 11.3. The summed E-state index contributed by atoms with van der Waals surface area (Å²) in [5.74, 6) is 1.14. The topological polar surface area (TPSA) is 52.6 Å². The molecule has 5 unspecified atom stereocenters. The van der Waals surface area contributed by atoms with Gasteiger partial charge < -0.3 is 9.47 Å². The first-order valence-electron chi connectivity index (χ1n) is 7.10. The quantitative estimate of drug-likeness (QED) is 0.579. The number of ether oxygens (including phenoxy) is 2. The van der Waals surface area contributed by atoms with E-state index in [1.165, 1.54) is 0 Å². The Hall–Kier alpha value is -1.32. The van der Waals surface area contributed by atoms with E-state index in [0.29, 0.717) is 29.7 Å². The van der Waals surface area contributed by atoms with Crippen molar-refractivity contribution in [2.75, 3.05) is 0 Å². The number of fused-ring (bicyclic) bond motifs is 2. The molecule has 0 N–H and O–H groups in total. The Balaban J connectivity index is 1.57. The molecule has 2 bridgehead atoms. The van der Waals surface area contributed by atoms with Crippen LogP contribution in [0.4, 0.5) is 0 Å². The summed E-state index contributed by atoms with van der Waals surface area (Å²) >= 11 is 0. The van der Waals surface area contributed by atoms with E-state index in [4.69, 9.17) is 9.47 Å². The minimum absolute atomic E-state index is 0.0440.